The second-order valence-corrected chi connectivity index (χ2v) is 4.91. The number of aryl methyl sites for hydroxylation is 1. The van der Waals surface area contributed by atoms with E-state index in [2.05, 4.69) is 20.7 Å². The number of pyridine rings is 1. The number of rotatable bonds is 6. The van der Waals surface area contributed by atoms with Crippen molar-refractivity contribution in [3.63, 3.8) is 0 Å². The van der Waals surface area contributed by atoms with Crippen LogP contribution in [0.3, 0.4) is 0 Å². The predicted molar refractivity (Wildman–Crippen MR) is 84.5 cm³/mol. The number of anilines is 1. The van der Waals surface area contributed by atoms with Crippen LogP contribution in [0.4, 0.5) is 10.6 Å². The topological polar surface area (TPSA) is 81.1 Å². The third kappa shape index (κ3) is 4.05. The van der Waals surface area contributed by atoms with Crippen LogP contribution >= 0.6 is 0 Å². The van der Waals surface area contributed by atoms with Gasteiger partial charge in [0.05, 0.1) is 18.3 Å². The quantitative estimate of drug-likeness (QED) is 0.855. The van der Waals surface area contributed by atoms with Gasteiger partial charge in [0.2, 0.25) is 0 Å². The number of carbonyl (C=O) groups is 1. The molecule has 2 rings (SSSR count). The van der Waals surface area contributed by atoms with E-state index in [1.165, 1.54) is 0 Å². The summed E-state index contributed by atoms with van der Waals surface area (Å²) in [5.74, 6) is 0.602. The fraction of sp³-hybridized carbons (Fsp3) is 0.400. The molecule has 2 amide bonds. The van der Waals surface area contributed by atoms with Gasteiger partial charge in [-0.15, -0.1) is 0 Å². The lowest BCUT2D eigenvalue weighted by Gasteiger charge is -2.16. The molecule has 0 aliphatic carbocycles. The van der Waals surface area contributed by atoms with Crippen molar-refractivity contribution in [3.05, 3.63) is 30.5 Å². The van der Waals surface area contributed by atoms with Gasteiger partial charge in [0, 0.05) is 26.4 Å². The van der Waals surface area contributed by atoms with Crippen molar-refractivity contribution in [2.24, 2.45) is 7.05 Å². The van der Waals surface area contributed by atoms with Crippen LogP contribution in [-0.4, -0.2) is 40.6 Å². The van der Waals surface area contributed by atoms with Crippen LogP contribution in [-0.2, 0) is 11.8 Å². The first-order chi connectivity index (χ1) is 10.6. The maximum atomic E-state index is 12.0. The Bertz CT molecular complexity index is 612. The van der Waals surface area contributed by atoms with E-state index in [4.69, 9.17) is 4.74 Å². The number of methoxy groups -OCH3 is 1. The third-order valence-corrected chi connectivity index (χ3v) is 3.24. The Kier molecular flexibility index (Phi) is 5.48. The highest BCUT2D eigenvalue weighted by Gasteiger charge is 2.13. The molecule has 1 atom stereocenters. The minimum atomic E-state index is -0.278. The van der Waals surface area contributed by atoms with Gasteiger partial charge in [-0.1, -0.05) is 13.0 Å². The molecule has 2 N–H and O–H groups in total. The standard InChI is InChI=1S/C15H21N5O2/c1-4-11(10-22-3)17-15(21)18-14-9-13(19-20(14)2)12-7-5-6-8-16-12/h5-9,11H,4,10H2,1-3H3,(H2,17,18,21)/t11-/m0/s1. The van der Waals surface area contributed by atoms with E-state index in [0.29, 0.717) is 18.1 Å². The lowest BCUT2D eigenvalue weighted by molar-refractivity contribution is 0.165. The van der Waals surface area contributed by atoms with Crippen LogP contribution in [0.2, 0.25) is 0 Å². The van der Waals surface area contributed by atoms with E-state index in [0.717, 1.165) is 12.1 Å². The molecular weight excluding hydrogens is 282 g/mol. The predicted octanol–water partition coefficient (Wildman–Crippen LogP) is 2.03. The van der Waals surface area contributed by atoms with E-state index < -0.39 is 0 Å². The number of carbonyl (C=O) groups excluding carboxylic acids is 1. The molecule has 2 heterocycles. The molecule has 0 saturated heterocycles. The van der Waals surface area contributed by atoms with Crippen LogP contribution in [0.1, 0.15) is 13.3 Å². The van der Waals surface area contributed by atoms with E-state index >= 15 is 0 Å². The minimum absolute atomic E-state index is 0.0199. The first-order valence-electron chi connectivity index (χ1n) is 7.16. The lowest BCUT2D eigenvalue weighted by Crippen LogP contribution is -2.40. The molecule has 0 fully saturated rings. The number of urea groups is 1. The number of nitrogens with one attached hydrogen (secondary N) is 2. The van der Waals surface area contributed by atoms with Gasteiger partial charge in [-0.25, -0.2) is 4.79 Å². The average molecular weight is 303 g/mol. The number of hydrogen-bond donors (Lipinski definition) is 2. The van der Waals surface area contributed by atoms with E-state index in [-0.39, 0.29) is 12.1 Å². The summed E-state index contributed by atoms with van der Waals surface area (Å²) < 4.78 is 6.68. The van der Waals surface area contributed by atoms with Gasteiger partial charge in [0.1, 0.15) is 11.5 Å². The zero-order valence-corrected chi connectivity index (χ0v) is 13.0. The van der Waals surface area contributed by atoms with Crippen molar-refractivity contribution in [2.45, 2.75) is 19.4 Å². The van der Waals surface area contributed by atoms with Crippen molar-refractivity contribution in [1.82, 2.24) is 20.1 Å². The molecule has 0 aliphatic rings. The normalized spacial score (nSPS) is 12.0. The highest BCUT2D eigenvalue weighted by atomic mass is 16.5. The Morgan fingerprint density at radius 3 is 2.86 bits per heavy atom. The number of hydrogen-bond acceptors (Lipinski definition) is 4. The largest absolute Gasteiger partial charge is 0.383 e. The SMILES string of the molecule is CC[C@@H](COC)NC(=O)Nc1cc(-c2ccccn2)nn1C. The number of nitrogens with zero attached hydrogens (tertiary/aromatic N) is 3. The molecule has 2 aromatic heterocycles. The molecule has 0 aromatic carbocycles. The number of amides is 2. The van der Waals surface area contributed by atoms with Crippen molar-refractivity contribution >= 4 is 11.8 Å². The van der Waals surface area contributed by atoms with Gasteiger partial charge in [0.15, 0.2) is 0 Å². The number of aromatic nitrogens is 3. The lowest BCUT2D eigenvalue weighted by atomic mass is 10.2. The highest BCUT2D eigenvalue weighted by molar-refractivity contribution is 5.89. The Labute approximate surface area is 129 Å². The van der Waals surface area contributed by atoms with Gasteiger partial charge >= 0.3 is 6.03 Å². The third-order valence-electron chi connectivity index (χ3n) is 3.24. The Hall–Kier alpha value is -2.41. The second kappa shape index (κ2) is 7.56. The zero-order chi connectivity index (χ0) is 15.9. The summed E-state index contributed by atoms with van der Waals surface area (Å²) in [7, 11) is 3.39. The van der Waals surface area contributed by atoms with Crippen molar-refractivity contribution < 1.29 is 9.53 Å². The van der Waals surface area contributed by atoms with Crippen LogP contribution in [0.15, 0.2) is 30.5 Å². The Balaban J connectivity index is 2.04. The molecular formula is C15H21N5O2. The summed E-state index contributed by atoms with van der Waals surface area (Å²) in [6, 6.07) is 7.11. The van der Waals surface area contributed by atoms with Gasteiger partial charge in [0.25, 0.3) is 0 Å². The smallest absolute Gasteiger partial charge is 0.320 e. The van der Waals surface area contributed by atoms with Gasteiger partial charge in [-0.05, 0) is 18.6 Å². The number of ether oxygens (including phenoxy) is 1. The summed E-state index contributed by atoms with van der Waals surface area (Å²) in [6.07, 6.45) is 2.51. The fourth-order valence-corrected chi connectivity index (χ4v) is 2.02. The molecule has 2 aromatic rings. The Morgan fingerprint density at radius 2 is 2.23 bits per heavy atom. The molecule has 22 heavy (non-hydrogen) atoms. The summed E-state index contributed by atoms with van der Waals surface area (Å²) in [5, 5.41) is 10.0. The average Bonchev–Trinajstić information content (AvgIpc) is 2.88. The van der Waals surface area contributed by atoms with Gasteiger partial charge in [-0.3, -0.25) is 15.0 Å². The molecule has 7 nitrogen and oxygen atoms in total. The van der Waals surface area contributed by atoms with Crippen LogP contribution in [0.25, 0.3) is 11.4 Å². The Morgan fingerprint density at radius 1 is 1.41 bits per heavy atom. The summed E-state index contributed by atoms with van der Waals surface area (Å²) in [4.78, 5) is 16.3. The first-order valence-corrected chi connectivity index (χ1v) is 7.16. The monoisotopic (exact) mass is 303 g/mol. The minimum Gasteiger partial charge on any atom is -0.383 e. The fourth-order valence-electron chi connectivity index (χ4n) is 2.02. The van der Waals surface area contributed by atoms with E-state index in [1.54, 1.807) is 31.1 Å². The second-order valence-electron chi connectivity index (χ2n) is 4.91. The van der Waals surface area contributed by atoms with E-state index in [9.17, 15) is 4.79 Å². The molecule has 0 radical (unpaired) electrons. The molecule has 118 valence electrons. The molecule has 0 unspecified atom stereocenters. The molecule has 0 bridgehead atoms. The maximum absolute atomic E-state index is 12.0. The molecule has 0 spiro atoms. The van der Waals surface area contributed by atoms with Crippen molar-refractivity contribution in [1.29, 1.82) is 0 Å². The van der Waals surface area contributed by atoms with Crippen LogP contribution < -0.4 is 10.6 Å². The van der Waals surface area contributed by atoms with Crippen molar-refractivity contribution in [3.8, 4) is 11.4 Å². The summed E-state index contributed by atoms with van der Waals surface area (Å²) in [6.45, 7) is 2.47. The highest BCUT2D eigenvalue weighted by Crippen LogP contribution is 2.18. The maximum Gasteiger partial charge on any atom is 0.320 e. The zero-order valence-electron chi connectivity index (χ0n) is 13.0. The molecule has 0 aliphatic heterocycles. The van der Waals surface area contributed by atoms with Gasteiger partial charge < -0.3 is 10.1 Å². The van der Waals surface area contributed by atoms with Crippen LogP contribution in [0, 0.1) is 0 Å². The van der Waals surface area contributed by atoms with Crippen LogP contribution in [0.5, 0.6) is 0 Å². The molecule has 0 saturated carbocycles. The van der Waals surface area contributed by atoms with E-state index in [1.807, 2.05) is 25.1 Å². The van der Waals surface area contributed by atoms with Gasteiger partial charge in [-0.2, -0.15) is 5.10 Å². The summed E-state index contributed by atoms with van der Waals surface area (Å²) in [5.41, 5.74) is 1.47. The van der Waals surface area contributed by atoms with Crippen molar-refractivity contribution in [2.75, 3.05) is 19.0 Å². The molecule has 7 heteroatoms. The summed E-state index contributed by atoms with van der Waals surface area (Å²) >= 11 is 0. The first kappa shape index (κ1) is 16.0.